The molecule has 0 unspecified atom stereocenters. The maximum Gasteiger partial charge on any atom is 0.229 e. The van der Waals surface area contributed by atoms with Crippen LogP contribution in [0.4, 0.5) is 11.8 Å². The normalized spacial score (nSPS) is 15.4. The highest BCUT2D eigenvalue weighted by molar-refractivity contribution is 5.87. The Morgan fingerprint density at radius 2 is 1.85 bits per heavy atom. The van der Waals surface area contributed by atoms with Crippen molar-refractivity contribution in [2.24, 2.45) is 7.05 Å². The quantitative estimate of drug-likeness (QED) is 0.749. The highest BCUT2D eigenvalue weighted by Crippen LogP contribution is 2.24. The Hall–Kier alpha value is -2.67. The van der Waals surface area contributed by atoms with Gasteiger partial charge in [0.2, 0.25) is 5.95 Å². The zero-order valence-electron chi connectivity index (χ0n) is 16.3. The lowest BCUT2D eigenvalue weighted by atomic mass is 10.1. The van der Waals surface area contributed by atoms with Crippen LogP contribution in [0, 0.1) is 6.92 Å². The molecule has 27 heavy (non-hydrogen) atoms. The number of rotatable bonds is 5. The second-order valence-electron chi connectivity index (χ2n) is 7.08. The van der Waals surface area contributed by atoms with E-state index in [0.29, 0.717) is 0 Å². The Bertz CT molecular complexity index is 925. The molecule has 0 aliphatic carbocycles. The van der Waals surface area contributed by atoms with E-state index in [1.807, 2.05) is 17.9 Å². The van der Waals surface area contributed by atoms with Crippen molar-refractivity contribution < 1.29 is 0 Å². The van der Waals surface area contributed by atoms with Gasteiger partial charge >= 0.3 is 0 Å². The predicted octanol–water partition coefficient (Wildman–Crippen LogP) is 2.43. The fourth-order valence-corrected chi connectivity index (χ4v) is 3.54. The summed E-state index contributed by atoms with van der Waals surface area (Å²) in [6.45, 7) is 10.2. The van der Waals surface area contributed by atoms with Crippen molar-refractivity contribution in [2.75, 3.05) is 42.9 Å². The molecule has 0 bridgehead atoms. The van der Waals surface area contributed by atoms with E-state index in [0.717, 1.165) is 62.1 Å². The fraction of sp³-hybridized carbons (Fsp3) is 0.450. The van der Waals surface area contributed by atoms with E-state index in [1.54, 1.807) is 0 Å². The zero-order chi connectivity index (χ0) is 18.8. The Morgan fingerprint density at radius 3 is 2.59 bits per heavy atom. The minimum absolute atomic E-state index is 0.733. The van der Waals surface area contributed by atoms with Crippen molar-refractivity contribution in [3.8, 4) is 0 Å². The highest BCUT2D eigenvalue weighted by atomic mass is 15.4. The predicted molar refractivity (Wildman–Crippen MR) is 109 cm³/mol. The van der Waals surface area contributed by atoms with Gasteiger partial charge < -0.3 is 15.1 Å². The number of hydrogen-bond donors (Lipinski definition) is 1. The van der Waals surface area contributed by atoms with Crippen LogP contribution in [0.15, 0.2) is 30.5 Å². The molecular weight excluding hydrogens is 338 g/mol. The number of hydrogen-bond acceptors (Lipinski definition) is 6. The van der Waals surface area contributed by atoms with Crippen LogP contribution in [0.3, 0.4) is 0 Å². The summed E-state index contributed by atoms with van der Waals surface area (Å²) in [5.74, 6) is 1.64. The summed E-state index contributed by atoms with van der Waals surface area (Å²) in [7, 11) is 1.93. The molecular formula is C20H27N7. The zero-order valence-corrected chi connectivity index (χ0v) is 16.3. The molecule has 0 radical (unpaired) electrons. The molecule has 7 heteroatoms. The molecule has 1 N–H and O–H groups in total. The number of nitrogens with zero attached hydrogens (tertiary/aromatic N) is 6. The molecule has 1 aliphatic rings. The first-order chi connectivity index (χ1) is 13.2. The van der Waals surface area contributed by atoms with Gasteiger partial charge in [-0.15, -0.1) is 0 Å². The maximum atomic E-state index is 4.87. The smallest absolute Gasteiger partial charge is 0.229 e. The van der Waals surface area contributed by atoms with Crippen LogP contribution in [0.2, 0.25) is 0 Å². The summed E-state index contributed by atoms with van der Waals surface area (Å²) in [6, 6.07) is 8.42. The largest absolute Gasteiger partial charge is 0.365 e. The molecule has 7 nitrogen and oxygen atoms in total. The summed E-state index contributed by atoms with van der Waals surface area (Å²) in [6.07, 6.45) is 1.84. The van der Waals surface area contributed by atoms with E-state index in [9.17, 15) is 0 Å². The molecule has 0 saturated carbocycles. The van der Waals surface area contributed by atoms with E-state index < -0.39 is 0 Å². The first-order valence-electron chi connectivity index (χ1n) is 9.61. The number of nitrogens with one attached hydrogen (secondary N) is 1. The van der Waals surface area contributed by atoms with Gasteiger partial charge in [0.1, 0.15) is 5.82 Å². The van der Waals surface area contributed by atoms with E-state index in [4.69, 9.17) is 9.97 Å². The Balaban J connectivity index is 1.62. The third kappa shape index (κ3) is 3.60. The van der Waals surface area contributed by atoms with Crippen LogP contribution in [0.25, 0.3) is 11.0 Å². The second-order valence-corrected chi connectivity index (χ2v) is 7.08. The number of likely N-dealkylation sites (N-methyl/N-ethyl adjacent to an activating group) is 1. The molecule has 0 spiro atoms. The number of aryl methyl sites for hydroxylation is 2. The van der Waals surface area contributed by atoms with Gasteiger partial charge in [-0.1, -0.05) is 31.2 Å². The summed E-state index contributed by atoms with van der Waals surface area (Å²) in [5, 5.41) is 8.86. The van der Waals surface area contributed by atoms with Crippen LogP contribution in [-0.4, -0.2) is 57.4 Å². The summed E-state index contributed by atoms with van der Waals surface area (Å²) < 4.78 is 1.82. The molecule has 1 fully saturated rings. The molecule has 3 heterocycles. The van der Waals surface area contributed by atoms with E-state index >= 15 is 0 Å². The molecule has 1 saturated heterocycles. The molecule has 1 aromatic carbocycles. The first kappa shape index (κ1) is 17.7. The Morgan fingerprint density at radius 1 is 1.07 bits per heavy atom. The van der Waals surface area contributed by atoms with Gasteiger partial charge in [-0.05, 0) is 24.6 Å². The maximum absolute atomic E-state index is 4.87. The fourth-order valence-electron chi connectivity index (χ4n) is 3.54. The van der Waals surface area contributed by atoms with E-state index in [2.05, 4.69) is 58.3 Å². The van der Waals surface area contributed by atoms with Crippen molar-refractivity contribution in [1.82, 2.24) is 24.6 Å². The van der Waals surface area contributed by atoms with Crippen LogP contribution < -0.4 is 10.2 Å². The minimum atomic E-state index is 0.733. The Labute approximate surface area is 160 Å². The Kier molecular flexibility index (Phi) is 4.94. The topological polar surface area (TPSA) is 62.1 Å². The number of anilines is 2. The van der Waals surface area contributed by atoms with Crippen molar-refractivity contribution in [3.63, 3.8) is 0 Å². The van der Waals surface area contributed by atoms with E-state index in [1.165, 1.54) is 11.1 Å². The average Bonchev–Trinajstić information content (AvgIpc) is 3.08. The van der Waals surface area contributed by atoms with Crippen molar-refractivity contribution >= 4 is 22.8 Å². The summed E-state index contributed by atoms with van der Waals surface area (Å²) in [5.41, 5.74) is 3.41. The van der Waals surface area contributed by atoms with E-state index in [-0.39, 0.29) is 0 Å². The first-order valence-corrected chi connectivity index (χ1v) is 9.61. The molecule has 0 amide bonds. The van der Waals surface area contributed by atoms with Gasteiger partial charge in [0.25, 0.3) is 0 Å². The number of fused-ring (bicyclic) bond motifs is 1. The molecule has 2 aromatic heterocycles. The lowest BCUT2D eigenvalue weighted by Gasteiger charge is -2.34. The van der Waals surface area contributed by atoms with Gasteiger partial charge in [-0.25, -0.2) is 0 Å². The summed E-state index contributed by atoms with van der Waals surface area (Å²) >= 11 is 0. The number of benzene rings is 1. The molecule has 142 valence electrons. The van der Waals surface area contributed by atoms with Gasteiger partial charge in [0, 0.05) is 39.8 Å². The van der Waals surface area contributed by atoms with Crippen LogP contribution in [-0.2, 0) is 13.6 Å². The minimum Gasteiger partial charge on any atom is -0.365 e. The number of aromatic nitrogens is 4. The molecule has 1 aliphatic heterocycles. The van der Waals surface area contributed by atoms with Crippen LogP contribution in [0.1, 0.15) is 18.1 Å². The van der Waals surface area contributed by atoms with Crippen molar-refractivity contribution in [2.45, 2.75) is 20.4 Å². The lowest BCUT2D eigenvalue weighted by Crippen LogP contribution is -2.46. The molecule has 0 atom stereocenters. The van der Waals surface area contributed by atoms with Gasteiger partial charge in [-0.2, -0.15) is 15.1 Å². The van der Waals surface area contributed by atoms with Crippen LogP contribution >= 0.6 is 0 Å². The summed E-state index contributed by atoms with van der Waals surface area (Å²) in [4.78, 5) is 14.4. The van der Waals surface area contributed by atoms with Gasteiger partial charge in [0.15, 0.2) is 5.65 Å². The molecule has 3 aromatic rings. The van der Waals surface area contributed by atoms with Gasteiger partial charge in [-0.3, -0.25) is 4.68 Å². The highest BCUT2D eigenvalue weighted by Gasteiger charge is 2.20. The third-order valence-corrected chi connectivity index (χ3v) is 5.39. The third-order valence-electron chi connectivity index (χ3n) is 5.39. The average molecular weight is 365 g/mol. The van der Waals surface area contributed by atoms with Gasteiger partial charge in [0.05, 0.1) is 11.6 Å². The standard InChI is InChI=1S/C20H27N7/c1-4-26-9-11-27(12-10-26)20-23-18(17-14-22-25(3)19(17)24-20)21-13-16-8-6-5-7-15(16)2/h5-8,14H,4,9-13H2,1-3H3,(H,21,23,24). The second kappa shape index (κ2) is 7.52. The monoisotopic (exact) mass is 365 g/mol. The van der Waals surface area contributed by atoms with Crippen LogP contribution in [0.5, 0.6) is 0 Å². The molecule has 4 rings (SSSR count). The lowest BCUT2D eigenvalue weighted by molar-refractivity contribution is 0.270. The van der Waals surface area contributed by atoms with Crippen molar-refractivity contribution in [1.29, 1.82) is 0 Å². The van der Waals surface area contributed by atoms with Crippen molar-refractivity contribution in [3.05, 3.63) is 41.6 Å². The number of piperazine rings is 1. The SMILES string of the molecule is CCN1CCN(c2nc(NCc3ccccc3C)c3cnn(C)c3n2)CC1.